The van der Waals surface area contributed by atoms with Crippen LogP contribution in [0.25, 0.3) is 11.4 Å². The maximum absolute atomic E-state index is 13.3. The Morgan fingerprint density at radius 2 is 1.84 bits per heavy atom. The molecule has 0 saturated carbocycles. The second kappa shape index (κ2) is 7.04. The highest BCUT2D eigenvalue weighted by Crippen LogP contribution is 2.18. The van der Waals surface area contributed by atoms with Crippen LogP contribution in [0.3, 0.4) is 0 Å². The Morgan fingerprint density at radius 1 is 1.08 bits per heavy atom. The van der Waals surface area contributed by atoms with Gasteiger partial charge in [-0.2, -0.15) is 0 Å². The topological polar surface area (TPSA) is 80.9 Å². The molecule has 0 spiro atoms. The van der Waals surface area contributed by atoms with Crippen LogP contribution >= 0.6 is 0 Å². The molecular weight excluding hydrogens is 326 g/mol. The molecule has 0 bridgehead atoms. The molecular formula is C18H14F2N4O. The molecule has 3 N–H and O–H groups in total. The molecule has 0 atom stereocenters. The van der Waals surface area contributed by atoms with E-state index in [0.29, 0.717) is 5.56 Å². The van der Waals surface area contributed by atoms with Crippen LogP contribution in [0.15, 0.2) is 54.7 Å². The number of benzene rings is 2. The third-order valence-corrected chi connectivity index (χ3v) is 3.51. The van der Waals surface area contributed by atoms with Crippen LogP contribution in [0.1, 0.15) is 15.9 Å². The van der Waals surface area contributed by atoms with E-state index in [0.717, 1.165) is 5.56 Å². The maximum atomic E-state index is 13.3. The molecule has 0 aliphatic carbocycles. The zero-order chi connectivity index (χ0) is 17.8. The minimum atomic E-state index is -0.451. The predicted octanol–water partition coefficient (Wildman–Crippen LogP) is 2.93. The molecule has 126 valence electrons. The van der Waals surface area contributed by atoms with Crippen molar-refractivity contribution in [2.75, 3.05) is 5.73 Å². The Hall–Kier alpha value is -3.35. The minimum Gasteiger partial charge on any atom is -0.383 e. The highest BCUT2D eigenvalue weighted by atomic mass is 19.1. The molecule has 2 aromatic carbocycles. The summed E-state index contributed by atoms with van der Waals surface area (Å²) in [6, 6.07) is 11.5. The van der Waals surface area contributed by atoms with Crippen molar-refractivity contribution in [1.82, 2.24) is 15.3 Å². The fourth-order valence-electron chi connectivity index (χ4n) is 2.22. The molecule has 0 saturated heterocycles. The Balaban J connectivity index is 1.74. The first kappa shape index (κ1) is 16.5. The number of amides is 1. The van der Waals surface area contributed by atoms with Gasteiger partial charge in [0.05, 0.1) is 5.56 Å². The van der Waals surface area contributed by atoms with Gasteiger partial charge >= 0.3 is 0 Å². The molecule has 7 heteroatoms. The van der Waals surface area contributed by atoms with E-state index in [1.165, 1.54) is 36.5 Å². The first-order valence-electron chi connectivity index (χ1n) is 7.44. The number of nitrogens with zero attached hydrogens (tertiary/aromatic N) is 2. The molecule has 1 aromatic heterocycles. The van der Waals surface area contributed by atoms with Crippen molar-refractivity contribution in [3.05, 3.63) is 77.5 Å². The van der Waals surface area contributed by atoms with E-state index in [-0.39, 0.29) is 29.6 Å². The largest absolute Gasteiger partial charge is 0.383 e. The molecule has 1 heterocycles. The highest BCUT2D eigenvalue weighted by molar-refractivity contribution is 5.98. The van der Waals surface area contributed by atoms with Gasteiger partial charge in [-0.1, -0.05) is 24.3 Å². The number of hydrogen-bond acceptors (Lipinski definition) is 4. The number of carbonyl (C=O) groups excluding carboxylic acids is 1. The molecule has 5 nitrogen and oxygen atoms in total. The van der Waals surface area contributed by atoms with Gasteiger partial charge in [0.2, 0.25) is 0 Å². The average molecular weight is 340 g/mol. The van der Waals surface area contributed by atoms with Gasteiger partial charge in [0.15, 0.2) is 5.82 Å². The molecule has 0 fully saturated rings. The summed E-state index contributed by atoms with van der Waals surface area (Å²) in [6.07, 6.45) is 1.29. The third-order valence-electron chi connectivity index (χ3n) is 3.51. The average Bonchev–Trinajstić information content (AvgIpc) is 2.61. The number of nitrogens with two attached hydrogens (primary N) is 1. The maximum Gasteiger partial charge on any atom is 0.256 e. The second-order valence-corrected chi connectivity index (χ2v) is 5.31. The van der Waals surface area contributed by atoms with Gasteiger partial charge in [0.1, 0.15) is 17.5 Å². The lowest BCUT2D eigenvalue weighted by Crippen LogP contribution is -2.24. The van der Waals surface area contributed by atoms with Crippen LogP contribution in [-0.2, 0) is 6.54 Å². The van der Waals surface area contributed by atoms with Crippen LogP contribution in [0.2, 0.25) is 0 Å². The number of hydrogen-bond donors (Lipinski definition) is 2. The van der Waals surface area contributed by atoms with Crippen LogP contribution in [0, 0.1) is 11.6 Å². The third kappa shape index (κ3) is 3.95. The predicted molar refractivity (Wildman–Crippen MR) is 89.4 cm³/mol. The van der Waals surface area contributed by atoms with Gasteiger partial charge in [0, 0.05) is 18.3 Å². The number of halogens is 2. The molecule has 1 amide bonds. The summed E-state index contributed by atoms with van der Waals surface area (Å²) >= 11 is 0. The fourth-order valence-corrected chi connectivity index (χ4v) is 2.22. The summed E-state index contributed by atoms with van der Waals surface area (Å²) in [5.41, 5.74) is 7.15. The van der Waals surface area contributed by atoms with Crippen LogP contribution < -0.4 is 11.1 Å². The molecule has 0 unspecified atom stereocenters. The number of rotatable bonds is 4. The molecule has 3 aromatic rings. The highest BCUT2D eigenvalue weighted by Gasteiger charge is 2.13. The molecule has 25 heavy (non-hydrogen) atoms. The summed E-state index contributed by atoms with van der Waals surface area (Å²) in [5, 5.41) is 2.66. The number of nitrogens with one attached hydrogen (secondary N) is 1. The Kier molecular flexibility index (Phi) is 4.65. The van der Waals surface area contributed by atoms with Crippen LogP contribution in [-0.4, -0.2) is 15.9 Å². The van der Waals surface area contributed by atoms with Gasteiger partial charge in [-0.05, 0) is 29.8 Å². The molecule has 0 radical (unpaired) electrons. The van der Waals surface area contributed by atoms with E-state index in [9.17, 15) is 13.6 Å². The fraction of sp³-hybridized carbons (Fsp3) is 0.0556. The van der Waals surface area contributed by atoms with Crippen molar-refractivity contribution in [2.45, 2.75) is 6.54 Å². The van der Waals surface area contributed by atoms with Crippen molar-refractivity contribution < 1.29 is 13.6 Å². The summed E-state index contributed by atoms with van der Waals surface area (Å²) in [7, 11) is 0. The van der Waals surface area contributed by atoms with Gasteiger partial charge < -0.3 is 11.1 Å². The van der Waals surface area contributed by atoms with Crippen LogP contribution in [0.4, 0.5) is 14.6 Å². The standard InChI is InChI=1S/C18H14F2N4O/c19-13-6-4-11(5-7-13)9-23-18(25)15-10-22-17(24-16(15)21)12-2-1-3-14(20)8-12/h1-8,10H,9H2,(H,23,25)(H2,21,22,24). The monoisotopic (exact) mass is 340 g/mol. The summed E-state index contributed by atoms with van der Waals surface area (Å²) in [5.74, 6) is -0.994. The van der Waals surface area contributed by atoms with E-state index >= 15 is 0 Å². The van der Waals surface area contributed by atoms with E-state index in [4.69, 9.17) is 5.73 Å². The van der Waals surface area contributed by atoms with Crippen molar-refractivity contribution in [2.24, 2.45) is 0 Å². The Bertz CT molecular complexity index is 913. The van der Waals surface area contributed by atoms with Crippen molar-refractivity contribution in [3.63, 3.8) is 0 Å². The lowest BCUT2D eigenvalue weighted by Gasteiger charge is -2.08. The Morgan fingerprint density at radius 3 is 2.52 bits per heavy atom. The normalized spacial score (nSPS) is 10.5. The molecule has 0 aliphatic rings. The van der Waals surface area contributed by atoms with Gasteiger partial charge in [0.25, 0.3) is 5.91 Å². The zero-order valence-electron chi connectivity index (χ0n) is 13.0. The van der Waals surface area contributed by atoms with Gasteiger partial charge in [-0.15, -0.1) is 0 Å². The van der Waals surface area contributed by atoms with E-state index in [1.807, 2.05) is 0 Å². The lowest BCUT2D eigenvalue weighted by atomic mass is 10.2. The van der Waals surface area contributed by atoms with Gasteiger partial charge in [-0.3, -0.25) is 4.79 Å². The number of nitrogen functional groups attached to an aromatic ring is 1. The van der Waals surface area contributed by atoms with E-state index < -0.39 is 11.7 Å². The van der Waals surface area contributed by atoms with Crippen molar-refractivity contribution >= 4 is 11.7 Å². The quantitative estimate of drug-likeness (QED) is 0.765. The summed E-state index contributed by atoms with van der Waals surface area (Å²) in [4.78, 5) is 20.3. The van der Waals surface area contributed by atoms with Crippen LogP contribution in [0.5, 0.6) is 0 Å². The number of aromatic nitrogens is 2. The van der Waals surface area contributed by atoms with Crippen molar-refractivity contribution in [3.8, 4) is 11.4 Å². The second-order valence-electron chi connectivity index (χ2n) is 5.31. The summed E-state index contributed by atoms with van der Waals surface area (Å²) in [6.45, 7) is 0.213. The zero-order valence-corrected chi connectivity index (χ0v) is 13.0. The van der Waals surface area contributed by atoms with E-state index in [2.05, 4.69) is 15.3 Å². The number of anilines is 1. The van der Waals surface area contributed by atoms with Gasteiger partial charge in [-0.25, -0.2) is 18.7 Å². The Labute approximate surface area is 142 Å². The van der Waals surface area contributed by atoms with E-state index in [1.54, 1.807) is 18.2 Å². The first-order chi connectivity index (χ1) is 12.0. The number of carbonyl (C=O) groups is 1. The molecule has 0 aliphatic heterocycles. The first-order valence-corrected chi connectivity index (χ1v) is 7.44. The lowest BCUT2D eigenvalue weighted by molar-refractivity contribution is 0.0951. The smallest absolute Gasteiger partial charge is 0.256 e. The molecule has 3 rings (SSSR count). The SMILES string of the molecule is Nc1nc(-c2cccc(F)c2)ncc1C(=O)NCc1ccc(F)cc1. The minimum absolute atomic E-state index is 0.00846. The summed E-state index contributed by atoms with van der Waals surface area (Å²) < 4.78 is 26.1. The van der Waals surface area contributed by atoms with Crippen molar-refractivity contribution in [1.29, 1.82) is 0 Å².